The highest BCUT2D eigenvalue weighted by Gasteiger charge is 2.18. The molecule has 4 heteroatoms. The Morgan fingerprint density at radius 3 is 2.81 bits per heavy atom. The second kappa shape index (κ2) is 5.98. The van der Waals surface area contributed by atoms with Crippen LogP contribution in [0, 0.1) is 0 Å². The average molecular weight is 348 g/mol. The summed E-state index contributed by atoms with van der Waals surface area (Å²) in [6.45, 7) is 0. The van der Waals surface area contributed by atoms with Gasteiger partial charge in [0.2, 0.25) is 0 Å². The van der Waals surface area contributed by atoms with E-state index in [1.807, 2.05) is 6.07 Å². The number of benzene rings is 2. The van der Waals surface area contributed by atoms with Crippen LogP contribution < -0.4 is 10.1 Å². The Morgan fingerprint density at radius 1 is 1.19 bits per heavy atom. The van der Waals surface area contributed by atoms with Gasteiger partial charge in [0.25, 0.3) is 0 Å². The molecule has 2 aromatic rings. The number of ether oxygens (including phenoxy) is 1. The normalized spacial score (nSPS) is 17.1. The average Bonchev–Trinajstić information content (AvgIpc) is 2.48. The van der Waals surface area contributed by atoms with Crippen molar-refractivity contribution in [1.29, 1.82) is 0 Å². The zero-order chi connectivity index (χ0) is 14.8. The van der Waals surface area contributed by atoms with Crippen molar-refractivity contribution >= 4 is 21.6 Å². The van der Waals surface area contributed by atoms with Crippen LogP contribution in [0.3, 0.4) is 0 Å². The largest absolute Gasteiger partial charge is 0.504 e. The van der Waals surface area contributed by atoms with Crippen LogP contribution in [0.15, 0.2) is 40.9 Å². The van der Waals surface area contributed by atoms with Gasteiger partial charge in [-0.1, -0.05) is 22.0 Å². The van der Waals surface area contributed by atoms with E-state index in [0.717, 1.165) is 29.4 Å². The molecule has 2 aromatic carbocycles. The number of hydrogen-bond acceptors (Lipinski definition) is 3. The fourth-order valence-electron chi connectivity index (χ4n) is 2.86. The van der Waals surface area contributed by atoms with E-state index in [2.05, 4.69) is 39.4 Å². The van der Waals surface area contributed by atoms with E-state index in [4.69, 9.17) is 4.74 Å². The number of phenolic OH excluding ortho intramolecular Hbond substituents is 1. The van der Waals surface area contributed by atoms with Gasteiger partial charge in [-0.25, -0.2) is 0 Å². The quantitative estimate of drug-likeness (QED) is 0.876. The predicted octanol–water partition coefficient (Wildman–Crippen LogP) is 4.13. The standard InChI is InChI=1S/C17H18BrNO2/c1-21-17-7-6-15(10-16(17)20)19-14-5-3-11-8-13(18)4-2-12(11)9-14/h2,4,6-8,10,14,19-20H,3,5,9H2,1H3. The van der Waals surface area contributed by atoms with E-state index in [1.165, 1.54) is 11.1 Å². The minimum Gasteiger partial charge on any atom is -0.504 e. The Hall–Kier alpha value is -1.68. The van der Waals surface area contributed by atoms with Gasteiger partial charge in [-0.3, -0.25) is 0 Å². The zero-order valence-corrected chi connectivity index (χ0v) is 13.5. The summed E-state index contributed by atoms with van der Waals surface area (Å²) >= 11 is 3.53. The summed E-state index contributed by atoms with van der Waals surface area (Å²) < 4.78 is 6.21. The second-order valence-corrected chi connectivity index (χ2v) is 6.30. The number of rotatable bonds is 3. The molecule has 0 saturated carbocycles. The number of hydrogen-bond donors (Lipinski definition) is 2. The second-order valence-electron chi connectivity index (χ2n) is 5.38. The molecule has 0 heterocycles. The van der Waals surface area contributed by atoms with Gasteiger partial charge in [0.05, 0.1) is 7.11 Å². The molecule has 21 heavy (non-hydrogen) atoms. The minimum absolute atomic E-state index is 0.169. The van der Waals surface area contributed by atoms with Crippen molar-refractivity contribution < 1.29 is 9.84 Å². The summed E-state index contributed by atoms with van der Waals surface area (Å²) in [5.74, 6) is 0.669. The van der Waals surface area contributed by atoms with Crippen LogP contribution in [0.5, 0.6) is 11.5 Å². The Bertz CT molecular complexity index is 657. The highest BCUT2D eigenvalue weighted by atomic mass is 79.9. The van der Waals surface area contributed by atoms with Crippen LogP contribution in [-0.4, -0.2) is 18.3 Å². The van der Waals surface area contributed by atoms with Gasteiger partial charge in [0, 0.05) is 22.3 Å². The van der Waals surface area contributed by atoms with Crippen molar-refractivity contribution in [3.05, 3.63) is 52.0 Å². The molecule has 0 bridgehead atoms. The fourth-order valence-corrected chi connectivity index (χ4v) is 3.27. The topological polar surface area (TPSA) is 41.5 Å². The smallest absolute Gasteiger partial charge is 0.160 e. The third kappa shape index (κ3) is 3.16. The van der Waals surface area contributed by atoms with E-state index in [9.17, 15) is 5.11 Å². The molecule has 1 aliphatic rings. The molecule has 0 spiro atoms. The Morgan fingerprint density at radius 2 is 2.05 bits per heavy atom. The molecule has 0 fully saturated rings. The number of aromatic hydroxyl groups is 1. The summed E-state index contributed by atoms with van der Waals surface area (Å²) in [7, 11) is 1.55. The van der Waals surface area contributed by atoms with E-state index in [0.29, 0.717) is 11.8 Å². The molecule has 1 unspecified atom stereocenters. The first kappa shape index (κ1) is 14.3. The number of fused-ring (bicyclic) bond motifs is 1. The van der Waals surface area contributed by atoms with Gasteiger partial charge in [-0.05, 0) is 54.7 Å². The predicted molar refractivity (Wildman–Crippen MR) is 88.2 cm³/mol. The van der Waals surface area contributed by atoms with Crippen LogP contribution in [0.2, 0.25) is 0 Å². The third-order valence-corrected chi connectivity index (χ3v) is 4.44. The van der Waals surface area contributed by atoms with Crippen LogP contribution in [0.25, 0.3) is 0 Å². The van der Waals surface area contributed by atoms with Crippen molar-refractivity contribution in [2.75, 3.05) is 12.4 Å². The van der Waals surface area contributed by atoms with Crippen molar-refractivity contribution in [1.82, 2.24) is 0 Å². The van der Waals surface area contributed by atoms with Gasteiger partial charge in [-0.2, -0.15) is 0 Å². The van der Waals surface area contributed by atoms with Gasteiger partial charge >= 0.3 is 0 Å². The zero-order valence-electron chi connectivity index (χ0n) is 11.9. The van der Waals surface area contributed by atoms with Crippen molar-refractivity contribution in [2.24, 2.45) is 0 Å². The van der Waals surface area contributed by atoms with E-state index in [-0.39, 0.29) is 5.75 Å². The van der Waals surface area contributed by atoms with E-state index in [1.54, 1.807) is 19.2 Å². The van der Waals surface area contributed by atoms with Crippen molar-refractivity contribution in [3.8, 4) is 11.5 Å². The molecular weight excluding hydrogens is 330 g/mol. The summed E-state index contributed by atoms with van der Waals surface area (Å²) in [6.07, 6.45) is 3.18. The van der Waals surface area contributed by atoms with Crippen LogP contribution in [0.1, 0.15) is 17.5 Å². The minimum atomic E-state index is 0.169. The molecule has 3 rings (SSSR count). The molecule has 110 valence electrons. The highest BCUT2D eigenvalue weighted by Crippen LogP contribution is 2.31. The molecule has 0 amide bonds. The maximum Gasteiger partial charge on any atom is 0.160 e. The van der Waals surface area contributed by atoms with Crippen LogP contribution in [0.4, 0.5) is 5.69 Å². The van der Waals surface area contributed by atoms with Crippen molar-refractivity contribution in [3.63, 3.8) is 0 Å². The Kier molecular flexibility index (Phi) is 4.06. The number of phenols is 1. The molecule has 1 aliphatic carbocycles. The van der Waals surface area contributed by atoms with Gasteiger partial charge in [-0.15, -0.1) is 0 Å². The van der Waals surface area contributed by atoms with E-state index >= 15 is 0 Å². The van der Waals surface area contributed by atoms with Crippen molar-refractivity contribution in [2.45, 2.75) is 25.3 Å². The number of halogens is 1. The highest BCUT2D eigenvalue weighted by molar-refractivity contribution is 9.10. The maximum absolute atomic E-state index is 9.84. The summed E-state index contributed by atoms with van der Waals surface area (Å²) in [6, 6.07) is 12.3. The number of nitrogens with one attached hydrogen (secondary N) is 1. The summed E-state index contributed by atoms with van der Waals surface area (Å²) in [5.41, 5.74) is 3.76. The third-order valence-electron chi connectivity index (χ3n) is 3.95. The number of anilines is 1. The lowest BCUT2D eigenvalue weighted by molar-refractivity contribution is 0.373. The van der Waals surface area contributed by atoms with Gasteiger partial charge in [0.15, 0.2) is 11.5 Å². The lowest BCUT2D eigenvalue weighted by Gasteiger charge is -2.26. The first-order valence-corrected chi connectivity index (χ1v) is 7.86. The molecule has 0 radical (unpaired) electrons. The van der Waals surface area contributed by atoms with Crippen LogP contribution in [-0.2, 0) is 12.8 Å². The Labute approximate surface area is 133 Å². The van der Waals surface area contributed by atoms with Gasteiger partial charge in [0.1, 0.15) is 0 Å². The molecule has 3 nitrogen and oxygen atoms in total. The molecule has 0 aromatic heterocycles. The summed E-state index contributed by atoms with van der Waals surface area (Å²) in [5, 5.41) is 13.3. The van der Waals surface area contributed by atoms with Crippen LogP contribution >= 0.6 is 15.9 Å². The monoisotopic (exact) mass is 347 g/mol. The first-order valence-electron chi connectivity index (χ1n) is 7.06. The SMILES string of the molecule is COc1ccc(NC2CCc3cc(Br)ccc3C2)cc1O. The maximum atomic E-state index is 9.84. The molecule has 1 atom stereocenters. The first-order chi connectivity index (χ1) is 10.2. The molecule has 0 saturated heterocycles. The van der Waals surface area contributed by atoms with Gasteiger partial charge < -0.3 is 15.2 Å². The fraction of sp³-hybridized carbons (Fsp3) is 0.294. The lowest BCUT2D eigenvalue weighted by Crippen LogP contribution is -2.27. The molecule has 0 aliphatic heterocycles. The lowest BCUT2D eigenvalue weighted by atomic mass is 9.88. The molecule has 2 N–H and O–H groups in total. The van der Waals surface area contributed by atoms with E-state index < -0.39 is 0 Å². The Balaban J connectivity index is 1.72. The summed E-state index contributed by atoms with van der Waals surface area (Å²) in [4.78, 5) is 0. The number of methoxy groups -OCH3 is 1. The number of aryl methyl sites for hydroxylation is 1. The molecular formula is C17H18BrNO2.